The monoisotopic (exact) mass is 226 g/mol. The standard InChI is InChI=1S/C11H14O5/c1-2-15-11(14)16-6-5-8-3-4-9(12)10(13)7-8/h3-4,7,12-13H,2,5-6H2,1H3. The molecule has 1 rings (SSSR count). The highest BCUT2D eigenvalue weighted by Gasteiger charge is 2.04. The topological polar surface area (TPSA) is 76.0 Å². The number of carbonyl (C=O) groups is 1. The van der Waals surface area contributed by atoms with Crippen molar-refractivity contribution in [3.05, 3.63) is 23.8 Å². The van der Waals surface area contributed by atoms with Crippen molar-refractivity contribution in [2.24, 2.45) is 0 Å². The molecule has 0 radical (unpaired) electrons. The summed E-state index contributed by atoms with van der Waals surface area (Å²) in [5.74, 6) is -0.358. The Bertz CT molecular complexity index is 361. The lowest BCUT2D eigenvalue weighted by molar-refractivity contribution is 0.0599. The van der Waals surface area contributed by atoms with Crippen LogP contribution in [0.3, 0.4) is 0 Å². The van der Waals surface area contributed by atoms with Gasteiger partial charge in [0, 0.05) is 6.42 Å². The maximum absolute atomic E-state index is 10.8. The number of hydrogen-bond donors (Lipinski definition) is 2. The summed E-state index contributed by atoms with van der Waals surface area (Å²) in [5.41, 5.74) is 0.764. The van der Waals surface area contributed by atoms with E-state index in [1.807, 2.05) is 0 Å². The Labute approximate surface area is 93.2 Å². The van der Waals surface area contributed by atoms with Crippen LogP contribution in [-0.4, -0.2) is 29.6 Å². The molecule has 0 spiro atoms. The van der Waals surface area contributed by atoms with Crippen LogP contribution in [0.5, 0.6) is 11.5 Å². The van der Waals surface area contributed by atoms with Crippen molar-refractivity contribution in [1.82, 2.24) is 0 Å². The van der Waals surface area contributed by atoms with Gasteiger partial charge in [0.25, 0.3) is 0 Å². The Morgan fingerprint density at radius 1 is 1.25 bits per heavy atom. The predicted octanol–water partition coefficient (Wildman–Crippen LogP) is 1.81. The second-order valence-electron chi connectivity index (χ2n) is 3.10. The van der Waals surface area contributed by atoms with Crippen LogP contribution in [0.4, 0.5) is 4.79 Å². The quantitative estimate of drug-likeness (QED) is 0.605. The maximum atomic E-state index is 10.8. The second kappa shape index (κ2) is 5.85. The van der Waals surface area contributed by atoms with Crippen molar-refractivity contribution >= 4 is 6.16 Å². The summed E-state index contributed by atoms with van der Waals surface area (Å²) in [6, 6.07) is 4.45. The Morgan fingerprint density at radius 2 is 2.00 bits per heavy atom. The first kappa shape index (κ1) is 12.2. The summed E-state index contributed by atoms with van der Waals surface area (Å²) in [6.07, 6.45) is -0.252. The van der Waals surface area contributed by atoms with Crippen LogP contribution in [0.2, 0.25) is 0 Å². The molecule has 1 aromatic carbocycles. The molecule has 0 atom stereocenters. The molecule has 1 aromatic rings. The lowest BCUT2D eigenvalue weighted by atomic mass is 10.1. The summed E-state index contributed by atoms with van der Waals surface area (Å²) in [7, 11) is 0. The molecule has 0 bridgehead atoms. The van der Waals surface area contributed by atoms with Gasteiger partial charge in [0.1, 0.15) is 0 Å². The van der Waals surface area contributed by atoms with E-state index in [1.165, 1.54) is 12.1 Å². The minimum Gasteiger partial charge on any atom is -0.504 e. The number of ether oxygens (including phenoxy) is 2. The first-order valence-electron chi connectivity index (χ1n) is 4.94. The molecular formula is C11H14O5. The van der Waals surface area contributed by atoms with E-state index in [1.54, 1.807) is 13.0 Å². The average Bonchev–Trinajstić information content (AvgIpc) is 2.24. The van der Waals surface area contributed by atoms with Gasteiger partial charge in [-0.2, -0.15) is 0 Å². The van der Waals surface area contributed by atoms with Gasteiger partial charge in [-0.05, 0) is 24.6 Å². The molecular weight excluding hydrogens is 212 g/mol. The van der Waals surface area contributed by atoms with Crippen LogP contribution in [0.1, 0.15) is 12.5 Å². The van der Waals surface area contributed by atoms with Gasteiger partial charge in [0.2, 0.25) is 0 Å². The normalized spacial score (nSPS) is 9.81. The van der Waals surface area contributed by atoms with Crippen molar-refractivity contribution in [3.63, 3.8) is 0 Å². The van der Waals surface area contributed by atoms with E-state index in [9.17, 15) is 9.90 Å². The van der Waals surface area contributed by atoms with Crippen LogP contribution in [0, 0.1) is 0 Å². The molecule has 0 fully saturated rings. The van der Waals surface area contributed by atoms with Gasteiger partial charge in [-0.3, -0.25) is 0 Å². The van der Waals surface area contributed by atoms with Gasteiger partial charge >= 0.3 is 6.16 Å². The average molecular weight is 226 g/mol. The zero-order valence-corrected chi connectivity index (χ0v) is 8.97. The van der Waals surface area contributed by atoms with Gasteiger partial charge < -0.3 is 19.7 Å². The first-order chi connectivity index (χ1) is 7.63. The molecule has 5 heteroatoms. The van der Waals surface area contributed by atoms with E-state index in [0.29, 0.717) is 6.42 Å². The maximum Gasteiger partial charge on any atom is 0.508 e. The molecule has 2 N–H and O–H groups in total. The van der Waals surface area contributed by atoms with Crippen LogP contribution < -0.4 is 0 Å². The SMILES string of the molecule is CCOC(=O)OCCc1ccc(O)c(O)c1. The molecule has 0 amide bonds. The number of aromatic hydroxyl groups is 2. The second-order valence-corrected chi connectivity index (χ2v) is 3.10. The highest BCUT2D eigenvalue weighted by Crippen LogP contribution is 2.24. The van der Waals surface area contributed by atoms with Crippen LogP contribution in [0.25, 0.3) is 0 Å². The minimum atomic E-state index is -0.703. The molecule has 88 valence electrons. The summed E-state index contributed by atoms with van der Waals surface area (Å²) < 4.78 is 9.32. The molecule has 0 heterocycles. The Kier molecular flexibility index (Phi) is 4.44. The molecule has 16 heavy (non-hydrogen) atoms. The summed E-state index contributed by atoms with van der Waals surface area (Å²) in [6.45, 7) is 2.14. The number of phenols is 2. The predicted molar refractivity (Wildman–Crippen MR) is 56.4 cm³/mol. The van der Waals surface area contributed by atoms with Gasteiger partial charge in [0.15, 0.2) is 11.5 Å². The van der Waals surface area contributed by atoms with Crippen molar-refractivity contribution in [2.45, 2.75) is 13.3 Å². The number of phenolic OH excluding ortho intramolecular Hbond substituents is 2. The van der Waals surface area contributed by atoms with Crippen LogP contribution in [-0.2, 0) is 15.9 Å². The zero-order chi connectivity index (χ0) is 12.0. The highest BCUT2D eigenvalue weighted by molar-refractivity contribution is 5.59. The third-order valence-electron chi connectivity index (χ3n) is 1.91. The van der Waals surface area contributed by atoms with E-state index in [-0.39, 0.29) is 24.7 Å². The third kappa shape index (κ3) is 3.68. The molecule has 0 saturated heterocycles. The smallest absolute Gasteiger partial charge is 0.504 e. The van der Waals surface area contributed by atoms with Gasteiger partial charge in [-0.15, -0.1) is 0 Å². The van der Waals surface area contributed by atoms with Crippen molar-refractivity contribution in [2.75, 3.05) is 13.2 Å². The third-order valence-corrected chi connectivity index (χ3v) is 1.91. The molecule has 5 nitrogen and oxygen atoms in total. The molecule has 0 unspecified atom stereocenters. The molecule has 0 saturated carbocycles. The molecule has 0 aliphatic carbocycles. The van der Waals surface area contributed by atoms with Crippen LogP contribution in [0.15, 0.2) is 18.2 Å². The number of carbonyl (C=O) groups excluding carboxylic acids is 1. The van der Waals surface area contributed by atoms with Gasteiger partial charge in [-0.25, -0.2) is 4.79 Å². The lowest BCUT2D eigenvalue weighted by Crippen LogP contribution is -2.09. The number of hydrogen-bond acceptors (Lipinski definition) is 5. The van der Waals surface area contributed by atoms with Crippen molar-refractivity contribution < 1.29 is 24.5 Å². The number of benzene rings is 1. The molecule has 0 aliphatic rings. The molecule has 0 aromatic heterocycles. The highest BCUT2D eigenvalue weighted by atomic mass is 16.7. The van der Waals surface area contributed by atoms with Crippen LogP contribution >= 0.6 is 0 Å². The van der Waals surface area contributed by atoms with Gasteiger partial charge in [-0.1, -0.05) is 6.07 Å². The van der Waals surface area contributed by atoms with E-state index < -0.39 is 6.16 Å². The van der Waals surface area contributed by atoms with E-state index in [2.05, 4.69) is 4.74 Å². The fraction of sp³-hybridized carbons (Fsp3) is 0.364. The molecule has 0 aliphatic heterocycles. The number of rotatable bonds is 4. The van der Waals surface area contributed by atoms with Crippen molar-refractivity contribution in [3.8, 4) is 11.5 Å². The first-order valence-corrected chi connectivity index (χ1v) is 4.94. The summed E-state index contributed by atoms with van der Waals surface area (Å²) in [4.78, 5) is 10.8. The Morgan fingerprint density at radius 3 is 2.62 bits per heavy atom. The summed E-state index contributed by atoms with van der Waals surface area (Å²) >= 11 is 0. The van der Waals surface area contributed by atoms with E-state index in [0.717, 1.165) is 5.56 Å². The Balaban J connectivity index is 2.37. The van der Waals surface area contributed by atoms with Crippen molar-refractivity contribution in [1.29, 1.82) is 0 Å². The Hall–Kier alpha value is -1.91. The summed E-state index contributed by atoms with van der Waals surface area (Å²) in [5, 5.41) is 18.3. The zero-order valence-electron chi connectivity index (χ0n) is 8.97. The minimum absolute atomic E-state index is 0.170. The largest absolute Gasteiger partial charge is 0.508 e. The lowest BCUT2D eigenvalue weighted by Gasteiger charge is -2.05. The van der Waals surface area contributed by atoms with E-state index >= 15 is 0 Å². The fourth-order valence-corrected chi connectivity index (χ4v) is 1.14. The van der Waals surface area contributed by atoms with Gasteiger partial charge in [0.05, 0.1) is 13.2 Å². The van der Waals surface area contributed by atoms with E-state index in [4.69, 9.17) is 9.84 Å². The fourth-order valence-electron chi connectivity index (χ4n) is 1.14.